The van der Waals surface area contributed by atoms with Gasteiger partial charge < -0.3 is 14.8 Å². The second-order valence-electron chi connectivity index (χ2n) is 4.44. The van der Waals surface area contributed by atoms with E-state index in [0.29, 0.717) is 5.76 Å². The second-order valence-corrected chi connectivity index (χ2v) is 4.44. The van der Waals surface area contributed by atoms with E-state index >= 15 is 0 Å². The van der Waals surface area contributed by atoms with Crippen molar-refractivity contribution in [3.05, 3.63) is 47.2 Å². The predicted octanol–water partition coefficient (Wildman–Crippen LogP) is 2.29. The molecule has 0 aliphatic heterocycles. The number of aliphatic hydroxyl groups is 1. The van der Waals surface area contributed by atoms with Crippen molar-refractivity contribution >= 4 is 5.91 Å². The summed E-state index contributed by atoms with van der Waals surface area (Å²) in [6.45, 7) is 4.22. The molecule has 1 heterocycles. The van der Waals surface area contributed by atoms with Gasteiger partial charge in [0.05, 0.1) is 6.61 Å². The van der Waals surface area contributed by atoms with Crippen molar-refractivity contribution in [1.29, 1.82) is 0 Å². The molecule has 0 saturated carbocycles. The fourth-order valence-corrected chi connectivity index (χ4v) is 1.77. The SMILES string of the molecule is Cc1ccc(-c2ccc(C(=O)NCCO)o2)cc1C. The van der Waals surface area contributed by atoms with Gasteiger partial charge in [-0.1, -0.05) is 12.1 Å². The summed E-state index contributed by atoms with van der Waals surface area (Å²) < 4.78 is 5.53. The minimum Gasteiger partial charge on any atom is -0.451 e. The summed E-state index contributed by atoms with van der Waals surface area (Å²) in [6, 6.07) is 9.44. The first-order valence-electron chi connectivity index (χ1n) is 6.18. The molecule has 0 bridgehead atoms. The number of carbonyl (C=O) groups is 1. The summed E-state index contributed by atoms with van der Waals surface area (Å²) in [5.41, 5.74) is 3.35. The van der Waals surface area contributed by atoms with Crippen molar-refractivity contribution in [3.63, 3.8) is 0 Å². The van der Waals surface area contributed by atoms with Crippen LogP contribution in [0.25, 0.3) is 11.3 Å². The zero-order valence-corrected chi connectivity index (χ0v) is 11.1. The fourth-order valence-electron chi connectivity index (χ4n) is 1.77. The third-order valence-corrected chi connectivity index (χ3v) is 3.02. The molecule has 4 nitrogen and oxygen atoms in total. The van der Waals surface area contributed by atoms with Crippen LogP contribution in [0.2, 0.25) is 0 Å². The summed E-state index contributed by atoms with van der Waals surface area (Å²) in [5.74, 6) is 0.600. The monoisotopic (exact) mass is 259 g/mol. The summed E-state index contributed by atoms with van der Waals surface area (Å²) in [4.78, 5) is 11.7. The Morgan fingerprint density at radius 1 is 1.21 bits per heavy atom. The van der Waals surface area contributed by atoms with Crippen molar-refractivity contribution in [2.24, 2.45) is 0 Å². The molecule has 100 valence electrons. The van der Waals surface area contributed by atoms with Gasteiger partial charge in [0.15, 0.2) is 5.76 Å². The van der Waals surface area contributed by atoms with Crippen molar-refractivity contribution in [3.8, 4) is 11.3 Å². The molecule has 0 atom stereocenters. The number of furan rings is 1. The third-order valence-electron chi connectivity index (χ3n) is 3.02. The van der Waals surface area contributed by atoms with Gasteiger partial charge in [0.2, 0.25) is 0 Å². The van der Waals surface area contributed by atoms with E-state index in [0.717, 1.165) is 5.56 Å². The second kappa shape index (κ2) is 5.71. The lowest BCUT2D eigenvalue weighted by Gasteiger charge is -2.03. The molecular weight excluding hydrogens is 242 g/mol. The Morgan fingerprint density at radius 2 is 2.00 bits per heavy atom. The van der Waals surface area contributed by atoms with Gasteiger partial charge >= 0.3 is 0 Å². The fraction of sp³-hybridized carbons (Fsp3) is 0.267. The molecular formula is C15H17NO3. The highest BCUT2D eigenvalue weighted by molar-refractivity contribution is 5.92. The molecule has 19 heavy (non-hydrogen) atoms. The highest BCUT2D eigenvalue weighted by Crippen LogP contribution is 2.24. The number of amides is 1. The molecule has 2 aromatic rings. The highest BCUT2D eigenvalue weighted by atomic mass is 16.4. The molecule has 1 aromatic heterocycles. The Labute approximate surface area is 112 Å². The molecule has 4 heteroatoms. The zero-order valence-electron chi connectivity index (χ0n) is 11.1. The molecule has 0 unspecified atom stereocenters. The number of carbonyl (C=O) groups excluding carboxylic acids is 1. The van der Waals surface area contributed by atoms with E-state index in [-0.39, 0.29) is 24.8 Å². The van der Waals surface area contributed by atoms with Gasteiger partial charge in [-0.3, -0.25) is 4.79 Å². The smallest absolute Gasteiger partial charge is 0.287 e. The molecule has 2 N–H and O–H groups in total. The van der Waals surface area contributed by atoms with Crippen molar-refractivity contribution in [1.82, 2.24) is 5.32 Å². The number of benzene rings is 1. The molecule has 0 saturated heterocycles. The van der Waals surface area contributed by atoms with Crippen LogP contribution >= 0.6 is 0 Å². The largest absolute Gasteiger partial charge is 0.451 e. The summed E-state index contributed by atoms with van der Waals surface area (Å²) in [7, 11) is 0. The average molecular weight is 259 g/mol. The lowest BCUT2D eigenvalue weighted by atomic mass is 10.1. The van der Waals surface area contributed by atoms with E-state index in [9.17, 15) is 4.79 Å². The van der Waals surface area contributed by atoms with Crippen molar-refractivity contribution in [2.75, 3.05) is 13.2 Å². The summed E-state index contributed by atoms with van der Waals surface area (Å²) in [5, 5.41) is 11.2. The van der Waals surface area contributed by atoms with Crippen LogP contribution in [-0.2, 0) is 0 Å². The Kier molecular flexibility index (Phi) is 4.02. The van der Waals surface area contributed by atoms with Crippen LogP contribution in [-0.4, -0.2) is 24.2 Å². The number of aryl methyl sites for hydroxylation is 2. The Balaban J connectivity index is 2.20. The molecule has 0 fully saturated rings. The zero-order chi connectivity index (χ0) is 13.8. The number of aliphatic hydroxyl groups excluding tert-OH is 1. The van der Waals surface area contributed by atoms with Crippen LogP contribution in [0.15, 0.2) is 34.7 Å². The highest BCUT2D eigenvalue weighted by Gasteiger charge is 2.11. The van der Waals surface area contributed by atoms with E-state index in [1.807, 2.05) is 25.1 Å². The van der Waals surface area contributed by atoms with Gasteiger partial charge in [-0.25, -0.2) is 0 Å². The average Bonchev–Trinajstić information content (AvgIpc) is 2.89. The van der Waals surface area contributed by atoms with E-state index in [1.54, 1.807) is 12.1 Å². The van der Waals surface area contributed by atoms with Crippen LogP contribution in [0.5, 0.6) is 0 Å². The quantitative estimate of drug-likeness (QED) is 0.885. The van der Waals surface area contributed by atoms with Gasteiger partial charge in [-0.15, -0.1) is 0 Å². The van der Waals surface area contributed by atoms with E-state index < -0.39 is 0 Å². The first-order valence-corrected chi connectivity index (χ1v) is 6.18. The molecule has 0 spiro atoms. The number of nitrogens with one attached hydrogen (secondary N) is 1. The molecule has 0 aliphatic carbocycles. The normalized spacial score (nSPS) is 10.5. The maximum Gasteiger partial charge on any atom is 0.287 e. The first-order chi connectivity index (χ1) is 9.11. The maximum absolute atomic E-state index is 11.7. The van der Waals surface area contributed by atoms with Crippen LogP contribution in [0.4, 0.5) is 0 Å². The van der Waals surface area contributed by atoms with E-state index in [1.165, 1.54) is 11.1 Å². The predicted molar refractivity (Wildman–Crippen MR) is 73.0 cm³/mol. The molecule has 1 amide bonds. The topological polar surface area (TPSA) is 62.5 Å². The van der Waals surface area contributed by atoms with Crippen molar-refractivity contribution in [2.45, 2.75) is 13.8 Å². The molecule has 0 radical (unpaired) electrons. The van der Waals surface area contributed by atoms with Crippen LogP contribution in [0, 0.1) is 13.8 Å². The third kappa shape index (κ3) is 3.03. The molecule has 2 rings (SSSR count). The number of hydrogen-bond donors (Lipinski definition) is 2. The lowest BCUT2D eigenvalue weighted by molar-refractivity contribution is 0.0918. The Hall–Kier alpha value is -2.07. The minimum absolute atomic E-state index is 0.0868. The Bertz CT molecular complexity index is 587. The van der Waals surface area contributed by atoms with Crippen molar-refractivity contribution < 1.29 is 14.3 Å². The van der Waals surface area contributed by atoms with Crippen LogP contribution in [0.3, 0.4) is 0 Å². The maximum atomic E-state index is 11.7. The number of rotatable bonds is 4. The van der Waals surface area contributed by atoms with E-state index in [2.05, 4.69) is 12.2 Å². The molecule has 1 aromatic carbocycles. The van der Waals surface area contributed by atoms with Gasteiger partial charge in [0.25, 0.3) is 5.91 Å². The van der Waals surface area contributed by atoms with Crippen LogP contribution < -0.4 is 5.32 Å². The first kappa shape index (κ1) is 13.4. The van der Waals surface area contributed by atoms with Gasteiger partial charge in [0, 0.05) is 12.1 Å². The van der Waals surface area contributed by atoms with Gasteiger partial charge in [0.1, 0.15) is 5.76 Å². The summed E-state index contributed by atoms with van der Waals surface area (Å²) >= 11 is 0. The minimum atomic E-state index is -0.316. The molecule has 0 aliphatic rings. The van der Waals surface area contributed by atoms with Crippen LogP contribution in [0.1, 0.15) is 21.7 Å². The number of hydrogen-bond acceptors (Lipinski definition) is 3. The lowest BCUT2D eigenvalue weighted by Crippen LogP contribution is -2.25. The summed E-state index contributed by atoms with van der Waals surface area (Å²) in [6.07, 6.45) is 0. The standard InChI is InChI=1S/C15H17NO3/c1-10-3-4-12(9-11(10)2)13-5-6-14(19-13)15(18)16-7-8-17/h3-6,9,17H,7-8H2,1-2H3,(H,16,18). The van der Waals surface area contributed by atoms with E-state index in [4.69, 9.17) is 9.52 Å². The van der Waals surface area contributed by atoms with Gasteiger partial charge in [-0.05, 0) is 43.2 Å². The Morgan fingerprint density at radius 3 is 2.68 bits per heavy atom. The van der Waals surface area contributed by atoms with Gasteiger partial charge in [-0.2, -0.15) is 0 Å².